The average molecular weight is 364 g/mol. The third-order valence-corrected chi connectivity index (χ3v) is 5.23. The van der Waals surface area contributed by atoms with Gasteiger partial charge in [-0.2, -0.15) is 0 Å². The Bertz CT molecular complexity index is 929. The van der Waals surface area contributed by atoms with Crippen LogP contribution in [0, 0.1) is 12.8 Å². The van der Waals surface area contributed by atoms with Gasteiger partial charge in [0.15, 0.2) is 5.82 Å². The summed E-state index contributed by atoms with van der Waals surface area (Å²) in [7, 11) is 1.86. The summed E-state index contributed by atoms with van der Waals surface area (Å²) in [6.07, 6.45) is 11.1. The Morgan fingerprint density at radius 1 is 1.26 bits per heavy atom. The summed E-state index contributed by atoms with van der Waals surface area (Å²) in [5.74, 6) is 1.85. The van der Waals surface area contributed by atoms with E-state index in [9.17, 15) is 4.79 Å². The van der Waals surface area contributed by atoms with Gasteiger partial charge in [0, 0.05) is 68.9 Å². The summed E-state index contributed by atoms with van der Waals surface area (Å²) in [4.78, 5) is 27.7. The number of piperidine rings is 1. The number of carbonyl (C=O) groups excluding carboxylic acids is 1. The second kappa shape index (κ2) is 7.34. The highest BCUT2D eigenvalue weighted by atomic mass is 16.2. The van der Waals surface area contributed by atoms with Gasteiger partial charge in [0.2, 0.25) is 0 Å². The van der Waals surface area contributed by atoms with Gasteiger partial charge in [0.05, 0.1) is 0 Å². The molecule has 140 valence electrons. The van der Waals surface area contributed by atoms with Gasteiger partial charge in [0.25, 0.3) is 5.91 Å². The van der Waals surface area contributed by atoms with Crippen molar-refractivity contribution in [2.24, 2.45) is 13.0 Å². The minimum atomic E-state index is 0.0158. The van der Waals surface area contributed by atoms with Crippen molar-refractivity contribution in [1.29, 1.82) is 0 Å². The number of rotatable bonds is 4. The van der Waals surface area contributed by atoms with E-state index in [1.165, 1.54) is 0 Å². The fourth-order valence-corrected chi connectivity index (χ4v) is 3.79. The van der Waals surface area contributed by atoms with E-state index in [-0.39, 0.29) is 5.91 Å². The maximum atomic E-state index is 12.8. The monoisotopic (exact) mass is 364 g/mol. The molecule has 1 aliphatic rings. The lowest BCUT2D eigenvalue weighted by Gasteiger charge is -2.33. The Hall–Kier alpha value is -2.96. The maximum Gasteiger partial charge on any atom is 0.289 e. The summed E-state index contributed by atoms with van der Waals surface area (Å²) >= 11 is 0. The van der Waals surface area contributed by atoms with Gasteiger partial charge in [-0.05, 0) is 37.8 Å². The summed E-state index contributed by atoms with van der Waals surface area (Å²) in [5, 5.41) is 0. The summed E-state index contributed by atoms with van der Waals surface area (Å²) in [6.45, 7) is 4.46. The largest absolute Gasteiger partial charge is 0.336 e. The molecule has 3 aromatic rings. The molecule has 0 aromatic carbocycles. The van der Waals surface area contributed by atoms with Crippen LogP contribution in [0.25, 0.3) is 11.4 Å². The van der Waals surface area contributed by atoms with Crippen LogP contribution in [-0.2, 0) is 13.6 Å². The molecular weight excluding hydrogens is 340 g/mol. The molecule has 4 rings (SSSR count). The van der Waals surface area contributed by atoms with Crippen molar-refractivity contribution in [3.05, 3.63) is 54.6 Å². The van der Waals surface area contributed by atoms with E-state index in [0.29, 0.717) is 11.7 Å². The van der Waals surface area contributed by atoms with Crippen LogP contribution in [-0.4, -0.2) is 48.0 Å². The minimum absolute atomic E-state index is 0.0158. The Labute approximate surface area is 158 Å². The van der Waals surface area contributed by atoms with E-state index >= 15 is 0 Å². The average Bonchev–Trinajstić information content (AvgIpc) is 3.28. The number of aryl methyl sites for hydroxylation is 2. The number of nitrogens with zero attached hydrogens (tertiary/aromatic N) is 6. The summed E-state index contributed by atoms with van der Waals surface area (Å²) < 4.78 is 4.03. The zero-order valence-electron chi connectivity index (χ0n) is 15.7. The van der Waals surface area contributed by atoms with Gasteiger partial charge in [0.1, 0.15) is 5.82 Å². The number of carbonyl (C=O) groups is 1. The first-order chi connectivity index (χ1) is 13.1. The Kier molecular flexibility index (Phi) is 4.75. The van der Waals surface area contributed by atoms with Crippen molar-refractivity contribution in [3.8, 4) is 11.4 Å². The van der Waals surface area contributed by atoms with Crippen molar-refractivity contribution in [2.45, 2.75) is 26.3 Å². The van der Waals surface area contributed by atoms with E-state index in [1.54, 1.807) is 17.0 Å². The SMILES string of the molecule is Cc1cnc(-c2cccnc2)n1CC1CCCN(C(=O)c2nccn2C)C1. The normalized spacial score (nSPS) is 17.3. The second-order valence-electron chi connectivity index (χ2n) is 7.20. The molecule has 1 amide bonds. The standard InChI is InChI=1S/C20H24N6O/c1-15-11-23-18(17-6-3-7-21-12-17)26(15)14-16-5-4-9-25(13-16)20(27)19-22-8-10-24(19)2/h3,6-8,10-12,16H,4-5,9,13-14H2,1-2H3. The molecule has 1 atom stereocenters. The molecule has 7 heteroatoms. The first-order valence-electron chi connectivity index (χ1n) is 9.32. The smallest absolute Gasteiger partial charge is 0.289 e. The molecule has 0 bridgehead atoms. The minimum Gasteiger partial charge on any atom is -0.336 e. The van der Waals surface area contributed by atoms with Gasteiger partial charge in [-0.25, -0.2) is 9.97 Å². The maximum absolute atomic E-state index is 12.8. The van der Waals surface area contributed by atoms with Gasteiger partial charge in [-0.1, -0.05) is 0 Å². The van der Waals surface area contributed by atoms with Crippen molar-refractivity contribution < 1.29 is 4.79 Å². The lowest BCUT2D eigenvalue weighted by molar-refractivity contribution is 0.0646. The van der Waals surface area contributed by atoms with Crippen LogP contribution in [0.3, 0.4) is 0 Å². The topological polar surface area (TPSA) is 68.8 Å². The Morgan fingerprint density at radius 3 is 2.89 bits per heavy atom. The fourth-order valence-electron chi connectivity index (χ4n) is 3.79. The number of hydrogen-bond acceptors (Lipinski definition) is 4. The molecule has 0 saturated carbocycles. The molecule has 1 fully saturated rings. The lowest BCUT2D eigenvalue weighted by atomic mass is 9.97. The van der Waals surface area contributed by atoms with Crippen molar-refractivity contribution in [3.63, 3.8) is 0 Å². The zero-order valence-corrected chi connectivity index (χ0v) is 15.7. The molecule has 27 heavy (non-hydrogen) atoms. The van der Waals surface area contributed by atoms with Crippen LogP contribution in [0.1, 0.15) is 29.2 Å². The predicted octanol–water partition coefficient (Wildman–Crippen LogP) is 2.54. The number of imidazole rings is 2. The Balaban J connectivity index is 1.51. The van der Waals surface area contributed by atoms with Crippen LogP contribution < -0.4 is 0 Å². The van der Waals surface area contributed by atoms with E-state index in [2.05, 4.69) is 26.4 Å². The second-order valence-corrected chi connectivity index (χ2v) is 7.20. The van der Waals surface area contributed by atoms with Crippen molar-refractivity contribution in [2.75, 3.05) is 13.1 Å². The molecule has 1 aliphatic heterocycles. The highest BCUT2D eigenvalue weighted by Gasteiger charge is 2.27. The third-order valence-electron chi connectivity index (χ3n) is 5.23. The molecule has 3 aromatic heterocycles. The van der Waals surface area contributed by atoms with Crippen molar-refractivity contribution >= 4 is 5.91 Å². The first kappa shape index (κ1) is 17.5. The van der Waals surface area contributed by atoms with E-state index in [4.69, 9.17) is 0 Å². The summed E-state index contributed by atoms with van der Waals surface area (Å²) in [5.41, 5.74) is 2.14. The molecule has 1 saturated heterocycles. The van der Waals surface area contributed by atoms with Gasteiger partial charge in [-0.15, -0.1) is 0 Å². The summed E-state index contributed by atoms with van der Waals surface area (Å²) in [6, 6.07) is 3.96. The number of amides is 1. The van der Waals surface area contributed by atoms with E-state index < -0.39 is 0 Å². The van der Waals surface area contributed by atoms with Crippen LogP contribution in [0.4, 0.5) is 0 Å². The van der Waals surface area contributed by atoms with Crippen LogP contribution >= 0.6 is 0 Å². The molecular formula is C20H24N6O. The van der Waals surface area contributed by atoms with E-state index in [0.717, 1.165) is 49.6 Å². The molecule has 4 heterocycles. The van der Waals surface area contributed by atoms with Crippen LogP contribution in [0.15, 0.2) is 43.1 Å². The highest BCUT2D eigenvalue weighted by molar-refractivity contribution is 5.90. The van der Waals surface area contributed by atoms with E-state index in [1.807, 2.05) is 42.7 Å². The number of pyridine rings is 1. The van der Waals surface area contributed by atoms with Crippen LogP contribution in [0.5, 0.6) is 0 Å². The number of aromatic nitrogens is 5. The lowest BCUT2D eigenvalue weighted by Crippen LogP contribution is -2.42. The van der Waals surface area contributed by atoms with Crippen LogP contribution in [0.2, 0.25) is 0 Å². The van der Waals surface area contributed by atoms with Gasteiger partial charge >= 0.3 is 0 Å². The first-order valence-corrected chi connectivity index (χ1v) is 9.32. The zero-order chi connectivity index (χ0) is 18.8. The third kappa shape index (κ3) is 3.49. The molecule has 0 spiro atoms. The van der Waals surface area contributed by atoms with Gasteiger partial charge < -0.3 is 14.0 Å². The van der Waals surface area contributed by atoms with Crippen molar-refractivity contribution in [1.82, 2.24) is 29.0 Å². The van der Waals surface area contributed by atoms with Gasteiger partial charge in [-0.3, -0.25) is 9.78 Å². The quantitative estimate of drug-likeness (QED) is 0.713. The highest BCUT2D eigenvalue weighted by Crippen LogP contribution is 2.24. The number of hydrogen-bond donors (Lipinski definition) is 0. The predicted molar refractivity (Wildman–Crippen MR) is 102 cm³/mol. The fraction of sp³-hybridized carbons (Fsp3) is 0.400. The molecule has 1 unspecified atom stereocenters. The molecule has 7 nitrogen and oxygen atoms in total. The molecule has 0 radical (unpaired) electrons. The molecule has 0 N–H and O–H groups in total. The Morgan fingerprint density at radius 2 is 2.15 bits per heavy atom. The molecule has 0 aliphatic carbocycles. The number of likely N-dealkylation sites (tertiary alicyclic amines) is 1.